The Morgan fingerprint density at radius 2 is 2.16 bits per heavy atom. The summed E-state index contributed by atoms with van der Waals surface area (Å²) in [5.74, 6) is 1.03. The van der Waals surface area contributed by atoms with E-state index in [4.69, 9.17) is 10.5 Å². The van der Waals surface area contributed by atoms with Gasteiger partial charge in [-0.05, 0) is 37.6 Å². The van der Waals surface area contributed by atoms with Crippen LogP contribution in [0.15, 0.2) is 0 Å². The summed E-state index contributed by atoms with van der Waals surface area (Å²) in [6.07, 6.45) is 4.15. The van der Waals surface area contributed by atoms with E-state index in [1.165, 1.54) is 0 Å². The first-order chi connectivity index (χ1) is 9.01. The molecule has 2 unspecified atom stereocenters. The first-order valence-corrected chi connectivity index (χ1v) is 7.65. The van der Waals surface area contributed by atoms with Crippen LogP contribution in [-0.4, -0.2) is 55.5 Å². The van der Waals surface area contributed by atoms with Crippen molar-refractivity contribution in [2.75, 3.05) is 39.9 Å². The van der Waals surface area contributed by atoms with E-state index >= 15 is 0 Å². The van der Waals surface area contributed by atoms with Gasteiger partial charge in [-0.25, -0.2) is 0 Å². The number of nitrogens with two attached hydrogens (primary N) is 1. The van der Waals surface area contributed by atoms with Gasteiger partial charge in [0.2, 0.25) is 0 Å². The summed E-state index contributed by atoms with van der Waals surface area (Å²) in [6.45, 7) is 8.77. The van der Waals surface area contributed by atoms with Crippen LogP contribution in [-0.2, 0) is 4.74 Å². The normalized spacial score (nSPS) is 27.6. The van der Waals surface area contributed by atoms with E-state index in [-0.39, 0.29) is 0 Å². The molecule has 2 atom stereocenters. The van der Waals surface area contributed by atoms with Crippen molar-refractivity contribution in [1.29, 1.82) is 0 Å². The van der Waals surface area contributed by atoms with Crippen LogP contribution in [0.1, 0.15) is 39.5 Å². The van der Waals surface area contributed by atoms with Gasteiger partial charge in [-0.15, -0.1) is 0 Å². The molecule has 0 aliphatic heterocycles. The predicted octanol–water partition coefficient (Wildman–Crippen LogP) is 1.47. The molecule has 0 spiro atoms. The summed E-state index contributed by atoms with van der Waals surface area (Å²) in [5.41, 5.74) is 5.14. The highest BCUT2D eigenvalue weighted by Crippen LogP contribution is 2.37. The first kappa shape index (κ1) is 16.9. The van der Waals surface area contributed by atoms with Crippen LogP contribution in [0.5, 0.6) is 0 Å². The average Bonchev–Trinajstić information content (AvgIpc) is 2.74. The standard InChI is InChI=1S/C15H32N2O2/c1-13(2)11-17(9-10-19-3)8-6-14-5-4-7-15(14,18)12-16/h13-14,18H,4-12,16H2,1-3H3. The number of hydrogen-bond acceptors (Lipinski definition) is 4. The Hall–Kier alpha value is -0.160. The molecule has 19 heavy (non-hydrogen) atoms. The second-order valence-electron chi connectivity index (χ2n) is 6.37. The molecule has 0 bridgehead atoms. The highest BCUT2D eigenvalue weighted by atomic mass is 16.5. The third-order valence-electron chi connectivity index (χ3n) is 4.30. The second kappa shape index (κ2) is 8.20. The average molecular weight is 272 g/mol. The maximum atomic E-state index is 10.5. The molecule has 1 fully saturated rings. The Labute approximate surface area is 118 Å². The summed E-state index contributed by atoms with van der Waals surface area (Å²) in [7, 11) is 1.75. The number of aliphatic hydroxyl groups is 1. The Balaban J connectivity index is 2.41. The van der Waals surface area contributed by atoms with Crippen LogP contribution < -0.4 is 5.73 Å². The molecule has 0 aromatic carbocycles. The third-order valence-corrected chi connectivity index (χ3v) is 4.30. The molecule has 0 radical (unpaired) electrons. The molecule has 0 aromatic rings. The molecule has 0 saturated heterocycles. The molecule has 0 heterocycles. The van der Waals surface area contributed by atoms with E-state index < -0.39 is 5.60 Å². The molecule has 4 heteroatoms. The van der Waals surface area contributed by atoms with Crippen molar-refractivity contribution in [1.82, 2.24) is 4.90 Å². The van der Waals surface area contributed by atoms with E-state index in [9.17, 15) is 5.11 Å². The summed E-state index contributed by atoms with van der Waals surface area (Å²) in [4.78, 5) is 2.45. The highest BCUT2D eigenvalue weighted by Gasteiger charge is 2.39. The molecular weight excluding hydrogens is 240 g/mol. The van der Waals surface area contributed by atoms with E-state index in [0.29, 0.717) is 18.4 Å². The highest BCUT2D eigenvalue weighted by molar-refractivity contribution is 4.93. The monoisotopic (exact) mass is 272 g/mol. The summed E-state index contributed by atoms with van der Waals surface area (Å²) in [6, 6.07) is 0. The van der Waals surface area contributed by atoms with Crippen molar-refractivity contribution in [2.24, 2.45) is 17.6 Å². The van der Waals surface area contributed by atoms with Crippen LogP contribution >= 0.6 is 0 Å². The topological polar surface area (TPSA) is 58.7 Å². The van der Waals surface area contributed by atoms with E-state index in [0.717, 1.165) is 51.9 Å². The fraction of sp³-hybridized carbons (Fsp3) is 1.00. The van der Waals surface area contributed by atoms with Crippen molar-refractivity contribution in [3.63, 3.8) is 0 Å². The quantitative estimate of drug-likeness (QED) is 0.667. The first-order valence-electron chi connectivity index (χ1n) is 7.65. The van der Waals surface area contributed by atoms with Crippen molar-refractivity contribution < 1.29 is 9.84 Å². The zero-order valence-electron chi connectivity index (χ0n) is 12.9. The van der Waals surface area contributed by atoms with Gasteiger partial charge in [-0.3, -0.25) is 0 Å². The molecule has 0 aromatic heterocycles. The van der Waals surface area contributed by atoms with Gasteiger partial charge in [-0.1, -0.05) is 20.3 Å². The van der Waals surface area contributed by atoms with Crippen molar-refractivity contribution in [3.8, 4) is 0 Å². The van der Waals surface area contributed by atoms with Gasteiger partial charge in [0.05, 0.1) is 12.2 Å². The lowest BCUT2D eigenvalue weighted by molar-refractivity contribution is 0.00341. The fourth-order valence-corrected chi connectivity index (χ4v) is 3.18. The summed E-state index contributed by atoms with van der Waals surface area (Å²) < 4.78 is 5.18. The molecule has 1 aliphatic rings. The van der Waals surface area contributed by atoms with Crippen LogP contribution in [0, 0.1) is 11.8 Å². The predicted molar refractivity (Wildman–Crippen MR) is 79.1 cm³/mol. The Kier molecular flexibility index (Phi) is 7.29. The zero-order valence-corrected chi connectivity index (χ0v) is 12.9. The lowest BCUT2D eigenvalue weighted by atomic mass is 9.88. The Bertz CT molecular complexity index is 248. The minimum absolute atomic E-state index is 0.370. The molecule has 1 aliphatic carbocycles. The number of nitrogens with zero attached hydrogens (tertiary/aromatic N) is 1. The summed E-state index contributed by atoms with van der Waals surface area (Å²) in [5, 5.41) is 10.5. The molecular formula is C15H32N2O2. The molecule has 4 nitrogen and oxygen atoms in total. The van der Waals surface area contributed by atoms with Crippen LogP contribution in [0.25, 0.3) is 0 Å². The van der Waals surface area contributed by atoms with Crippen LogP contribution in [0.2, 0.25) is 0 Å². The van der Waals surface area contributed by atoms with Gasteiger partial charge in [0.15, 0.2) is 0 Å². The van der Waals surface area contributed by atoms with E-state index in [1.54, 1.807) is 7.11 Å². The van der Waals surface area contributed by atoms with Gasteiger partial charge < -0.3 is 20.5 Å². The van der Waals surface area contributed by atoms with Crippen LogP contribution in [0.4, 0.5) is 0 Å². The van der Waals surface area contributed by atoms with E-state index in [1.807, 2.05) is 0 Å². The van der Waals surface area contributed by atoms with Gasteiger partial charge in [0, 0.05) is 26.7 Å². The zero-order chi connectivity index (χ0) is 14.3. The Morgan fingerprint density at radius 1 is 1.42 bits per heavy atom. The number of ether oxygens (including phenoxy) is 1. The van der Waals surface area contributed by atoms with Crippen molar-refractivity contribution >= 4 is 0 Å². The fourth-order valence-electron chi connectivity index (χ4n) is 3.18. The molecule has 0 amide bonds. The lowest BCUT2D eigenvalue weighted by Gasteiger charge is -2.31. The van der Waals surface area contributed by atoms with Crippen molar-refractivity contribution in [3.05, 3.63) is 0 Å². The van der Waals surface area contributed by atoms with Gasteiger partial charge in [0.1, 0.15) is 0 Å². The SMILES string of the molecule is COCCN(CCC1CCCC1(O)CN)CC(C)C. The molecule has 3 N–H and O–H groups in total. The maximum absolute atomic E-state index is 10.5. The van der Waals surface area contributed by atoms with Gasteiger partial charge in [-0.2, -0.15) is 0 Å². The smallest absolute Gasteiger partial charge is 0.0797 e. The molecule has 114 valence electrons. The van der Waals surface area contributed by atoms with E-state index in [2.05, 4.69) is 18.7 Å². The minimum Gasteiger partial charge on any atom is -0.388 e. The Morgan fingerprint density at radius 3 is 2.74 bits per heavy atom. The lowest BCUT2D eigenvalue weighted by Crippen LogP contribution is -2.43. The molecule has 1 rings (SSSR count). The van der Waals surface area contributed by atoms with Gasteiger partial charge in [0.25, 0.3) is 0 Å². The second-order valence-corrected chi connectivity index (χ2v) is 6.37. The number of hydrogen-bond donors (Lipinski definition) is 2. The van der Waals surface area contributed by atoms with Gasteiger partial charge >= 0.3 is 0 Å². The number of methoxy groups -OCH3 is 1. The maximum Gasteiger partial charge on any atom is 0.0797 e. The number of rotatable bonds is 9. The van der Waals surface area contributed by atoms with Crippen molar-refractivity contribution in [2.45, 2.75) is 45.1 Å². The molecule has 1 saturated carbocycles. The largest absolute Gasteiger partial charge is 0.388 e. The minimum atomic E-state index is -0.606. The van der Waals surface area contributed by atoms with Crippen LogP contribution in [0.3, 0.4) is 0 Å². The summed E-state index contributed by atoms with van der Waals surface area (Å²) >= 11 is 0. The third kappa shape index (κ3) is 5.38.